The van der Waals surface area contributed by atoms with Crippen molar-refractivity contribution < 1.29 is 9.84 Å². The van der Waals surface area contributed by atoms with E-state index in [2.05, 4.69) is 15.9 Å². The summed E-state index contributed by atoms with van der Waals surface area (Å²) in [6.07, 6.45) is 0.526. The van der Waals surface area contributed by atoms with E-state index in [9.17, 15) is 0 Å². The van der Waals surface area contributed by atoms with Crippen LogP contribution in [0.25, 0.3) is 0 Å². The third-order valence-corrected chi connectivity index (χ3v) is 3.05. The summed E-state index contributed by atoms with van der Waals surface area (Å²) in [5, 5.41) is 8.89. The molecule has 0 saturated heterocycles. The molecule has 0 fully saturated rings. The van der Waals surface area contributed by atoms with Crippen molar-refractivity contribution in [1.29, 1.82) is 0 Å². The molecule has 1 aromatic rings. The summed E-state index contributed by atoms with van der Waals surface area (Å²) in [5.74, 6) is 0.797. The molecule has 0 radical (unpaired) electrons. The van der Waals surface area contributed by atoms with Gasteiger partial charge in [-0.25, -0.2) is 0 Å². The molecule has 3 N–H and O–H groups in total. The Morgan fingerprint density at radius 3 is 2.73 bits per heavy atom. The number of aliphatic hydroxyl groups is 1. The lowest BCUT2D eigenvalue weighted by Gasteiger charge is -2.18. The highest BCUT2D eigenvalue weighted by Crippen LogP contribution is 2.35. The van der Waals surface area contributed by atoms with Crippen molar-refractivity contribution in [2.45, 2.75) is 19.4 Å². The van der Waals surface area contributed by atoms with Gasteiger partial charge in [0.2, 0.25) is 0 Å². The smallest absolute Gasteiger partial charge is 0.127 e. The molecule has 4 heteroatoms. The second-order valence-corrected chi connectivity index (χ2v) is 4.28. The zero-order valence-electron chi connectivity index (χ0n) is 8.96. The van der Waals surface area contributed by atoms with Crippen molar-refractivity contribution in [3.05, 3.63) is 27.7 Å². The molecular weight excluding hydrogens is 258 g/mol. The number of benzene rings is 1. The summed E-state index contributed by atoms with van der Waals surface area (Å²) >= 11 is 3.45. The van der Waals surface area contributed by atoms with Gasteiger partial charge in [-0.15, -0.1) is 0 Å². The zero-order chi connectivity index (χ0) is 11.4. The SMILES string of the molecule is COc1c(C)ccc(Br)c1C(N)CCO. The van der Waals surface area contributed by atoms with E-state index in [0.717, 1.165) is 21.3 Å². The molecule has 15 heavy (non-hydrogen) atoms. The first-order valence-corrected chi connectivity index (χ1v) is 5.60. The Bertz CT molecular complexity index is 342. The average Bonchev–Trinajstić information content (AvgIpc) is 2.21. The normalized spacial score (nSPS) is 12.6. The number of ether oxygens (including phenoxy) is 1. The van der Waals surface area contributed by atoms with E-state index >= 15 is 0 Å². The summed E-state index contributed by atoms with van der Waals surface area (Å²) in [6, 6.07) is 3.71. The summed E-state index contributed by atoms with van der Waals surface area (Å²) in [6.45, 7) is 2.05. The van der Waals surface area contributed by atoms with Crippen LogP contribution in [0.5, 0.6) is 5.75 Å². The lowest BCUT2D eigenvalue weighted by molar-refractivity contribution is 0.275. The van der Waals surface area contributed by atoms with Crippen LogP contribution in [0.15, 0.2) is 16.6 Å². The number of rotatable bonds is 4. The predicted molar refractivity (Wildman–Crippen MR) is 64.1 cm³/mol. The van der Waals surface area contributed by atoms with E-state index in [4.69, 9.17) is 15.6 Å². The van der Waals surface area contributed by atoms with E-state index in [1.54, 1.807) is 7.11 Å². The highest BCUT2D eigenvalue weighted by atomic mass is 79.9. The lowest BCUT2D eigenvalue weighted by Crippen LogP contribution is -2.14. The Labute approximate surface area is 98.4 Å². The van der Waals surface area contributed by atoms with Gasteiger partial charge in [0.1, 0.15) is 5.75 Å². The maximum absolute atomic E-state index is 8.89. The monoisotopic (exact) mass is 273 g/mol. The first kappa shape index (κ1) is 12.5. The number of nitrogens with two attached hydrogens (primary N) is 1. The van der Waals surface area contributed by atoms with Gasteiger partial charge in [0.15, 0.2) is 0 Å². The molecule has 0 aliphatic rings. The van der Waals surface area contributed by atoms with Crippen LogP contribution in [-0.2, 0) is 0 Å². The Morgan fingerprint density at radius 1 is 1.53 bits per heavy atom. The highest BCUT2D eigenvalue weighted by Gasteiger charge is 2.16. The fraction of sp³-hybridized carbons (Fsp3) is 0.455. The minimum absolute atomic E-state index is 0.0741. The molecule has 1 unspecified atom stereocenters. The Hall–Kier alpha value is -0.580. The number of halogens is 1. The van der Waals surface area contributed by atoms with Gasteiger partial charge in [0, 0.05) is 22.7 Å². The minimum atomic E-state index is -0.209. The molecule has 1 atom stereocenters. The van der Waals surface area contributed by atoms with Crippen LogP contribution in [0.2, 0.25) is 0 Å². The van der Waals surface area contributed by atoms with Crippen molar-refractivity contribution in [2.24, 2.45) is 5.73 Å². The molecule has 0 saturated carbocycles. The van der Waals surface area contributed by atoms with Crippen molar-refractivity contribution in [3.63, 3.8) is 0 Å². The van der Waals surface area contributed by atoms with Crippen molar-refractivity contribution in [2.75, 3.05) is 13.7 Å². The van der Waals surface area contributed by atoms with Gasteiger partial charge >= 0.3 is 0 Å². The van der Waals surface area contributed by atoms with E-state index < -0.39 is 0 Å². The molecule has 0 bridgehead atoms. The predicted octanol–water partition coefficient (Wildman–Crippen LogP) is 2.15. The van der Waals surface area contributed by atoms with Crippen molar-refractivity contribution in [1.82, 2.24) is 0 Å². The van der Waals surface area contributed by atoms with Crippen LogP contribution >= 0.6 is 15.9 Å². The van der Waals surface area contributed by atoms with Gasteiger partial charge in [-0.05, 0) is 25.0 Å². The second kappa shape index (κ2) is 5.49. The molecule has 1 rings (SSSR count). The molecule has 0 spiro atoms. The van der Waals surface area contributed by atoms with Gasteiger partial charge in [-0.3, -0.25) is 0 Å². The zero-order valence-corrected chi connectivity index (χ0v) is 10.5. The van der Waals surface area contributed by atoms with Gasteiger partial charge < -0.3 is 15.6 Å². The average molecular weight is 274 g/mol. The molecule has 0 amide bonds. The molecule has 0 aliphatic carbocycles. The molecule has 84 valence electrons. The fourth-order valence-electron chi connectivity index (χ4n) is 1.58. The summed E-state index contributed by atoms with van der Waals surface area (Å²) in [5.41, 5.74) is 7.95. The van der Waals surface area contributed by atoms with Crippen LogP contribution < -0.4 is 10.5 Å². The second-order valence-electron chi connectivity index (χ2n) is 3.43. The Morgan fingerprint density at radius 2 is 2.20 bits per heavy atom. The molecule has 0 aromatic heterocycles. The van der Waals surface area contributed by atoms with Crippen LogP contribution in [0.1, 0.15) is 23.6 Å². The summed E-state index contributed by atoms with van der Waals surface area (Å²) < 4.78 is 6.25. The topological polar surface area (TPSA) is 55.5 Å². The first-order chi connectivity index (χ1) is 7.11. The number of aliphatic hydroxyl groups excluding tert-OH is 1. The lowest BCUT2D eigenvalue weighted by atomic mass is 10.0. The third kappa shape index (κ3) is 2.71. The number of hydrogen-bond donors (Lipinski definition) is 2. The van der Waals surface area contributed by atoms with E-state index in [1.807, 2.05) is 19.1 Å². The van der Waals surface area contributed by atoms with Gasteiger partial charge in [-0.1, -0.05) is 22.0 Å². The molecule has 0 aliphatic heterocycles. The highest BCUT2D eigenvalue weighted by molar-refractivity contribution is 9.10. The number of hydrogen-bond acceptors (Lipinski definition) is 3. The van der Waals surface area contributed by atoms with Crippen LogP contribution in [0.4, 0.5) is 0 Å². The largest absolute Gasteiger partial charge is 0.496 e. The van der Waals surface area contributed by atoms with E-state index in [1.165, 1.54) is 0 Å². The molecular formula is C11H16BrNO2. The fourth-order valence-corrected chi connectivity index (χ4v) is 2.19. The summed E-state index contributed by atoms with van der Waals surface area (Å²) in [4.78, 5) is 0. The van der Waals surface area contributed by atoms with Crippen molar-refractivity contribution >= 4 is 15.9 Å². The maximum Gasteiger partial charge on any atom is 0.127 e. The quantitative estimate of drug-likeness (QED) is 0.884. The Kier molecular flexibility index (Phi) is 4.57. The van der Waals surface area contributed by atoms with Crippen LogP contribution in [0.3, 0.4) is 0 Å². The Balaban J connectivity index is 3.18. The minimum Gasteiger partial charge on any atom is -0.496 e. The van der Waals surface area contributed by atoms with E-state index in [0.29, 0.717) is 6.42 Å². The first-order valence-electron chi connectivity index (χ1n) is 4.81. The van der Waals surface area contributed by atoms with Crippen molar-refractivity contribution in [3.8, 4) is 5.75 Å². The molecule has 1 aromatic carbocycles. The maximum atomic E-state index is 8.89. The van der Waals surface area contributed by atoms with Crippen LogP contribution in [-0.4, -0.2) is 18.8 Å². The third-order valence-electron chi connectivity index (χ3n) is 2.35. The number of methoxy groups -OCH3 is 1. The number of aryl methyl sites for hydroxylation is 1. The standard InChI is InChI=1S/C11H16BrNO2/c1-7-3-4-8(12)10(11(7)15-2)9(13)5-6-14/h3-4,9,14H,5-6,13H2,1-2H3. The van der Waals surface area contributed by atoms with E-state index in [-0.39, 0.29) is 12.6 Å². The molecule has 3 nitrogen and oxygen atoms in total. The van der Waals surface area contributed by atoms with Crippen LogP contribution in [0, 0.1) is 6.92 Å². The molecule has 0 heterocycles. The van der Waals surface area contributed by atoms with Gasteiger partial charge in [0.05, 0.1) is 7.11 Å². The summed E-state index contributed by atoms with van der Waals surface area (Å²) in [7, 11) is 1.63. The van der Waals surface area contributed by atoms with Gasteiger partial charge in [-0.2, -0.15) is 0 Å². The van der Waals surface area contributed by atoms with Gasteiger partial charge in [0.25, 0.3) is 0 Å².